The summed E-state index contributed by atoms with van der Waals surface area (Å²) < 4.78 is 11.7. The quantitative estimate of drug-likeness (QED) is 0.502. The second-order valence-electron chi connectivity index (χ2n) is 8.41. The average molecular weight is 425 g/mol. The second kappa shape index (κ2) is 11.2. The van der Waals surface area contributed by atoms with Crippen molar-refractivity contribution in [3.63, 3.8) is 0 Å². The Morgan fingerprint density at radius 2 is 1.87 bits per heavy atom. The van der Waals surface area contributed by atoms with Crippen LogP contribution in [0, 0.1) is 13.8 Å². The molecule has 2 aromatic rings. The first kappa shape index (κ1) is 23.1. The predicted octanol–water partition coefficient (Wildman–Crippen LogP) is 3.44. The molecule has 3 rings (SSSR count). The monoisotopic (exact) mass is 424 g/mol. The Hall–Kier alpha value is -2.57. The molecule has 1 fully saturated rings. The standard InChI is InChI=1S/C25H36N4O2/c1-18-6-9-20(10-7-18)23(29(4)5)16-28-25(26-3)27-15-21-11-8-19(2)14-24(21)31-22-12-13-30-17-22/h6-11,14,22-23H,12-13,15-17H2,1-5H3,(H2,26,27,28). The lowest BCUT2D eigenvalue weighted by Crippen LogP contribution is -2.41. The molecule has 0 radical (unpaired) electrons. The second-order valence-corrected chi connectivity index (χ2v) is 8.41. The Kier molecular flexibility index (Phi) is 8.32. The van der Waals surface area contributed by atoms with Gasteiger partial charge in [-0.25, -0.2) is 0 Å². The van der Waals surface area contributed by atoms with Gasteiger partial charge in [0.25, 0.3) is 0 Å². The number of nitrogens with zero attached hydrogens (tertiary/aromatic N) is 2. The molecule has 0 aromatic heterocycles. The van der Waals surface area contributed by atoms with E-state index in [1.807, 2.05) is 0 Å². The van der Waals surface area contributed by atoms with Crippen LogP contribution in [0.25, 0.3) is 0 Å². The summed E-state index contributed by atoms with van der Waals surface area (Å²) in [4.78, 5) is 6.63. The van der Waals surface area contributed by atoms with Gasteiger partial charge >= 0.3 is 0 Å². The van der Waals surface area contributed by atoms with E-state index in [2.05, 4.69) is 90.9 Å². The first-order valence-electron chi connectivity index (χ1n) is 11.0. The molecule has 2 unspecified atom stereocenters. The van der Waals surface area contributed by atoms with Crippen LogP contribution in [0.5, 0.6) is 5.75 Å². The van der Waals surface area contributed by atoms with Gasteiger partial charge in [0.1, 0.15) is 11.9 Å². The lowest BCUT2D eigenvalue weighted by molar-refractivity contribution is 0.140. The van der Waals surface area contributed by atoms with Crippen molar-refractivity contribution in [3.8, 4) is 5.75 Å². The van der Waals surface area contributed by atoms with Gasteiger partial charge in [0.15, 0.2) is 5.96 Å². The number of nitrogens with one attached hydrogen (secondary N) is 2. The highest BCUT2D eigenvalue weighted by molar-refractivity contribution is 5.79. The number of benzene rings is 2. The maximum Gasteiger partial charge on any atom is 0.191 e. The lowest BCUT2D eigenvalue weighted by Gasteiger charge is -2.26. The average Bonchev–Trinajstić information content (AvgIpc) is 3.25. The Balaban J connectivity index is 1.60. The van der Waals surface area contributed by atoms with Crippen LogP contribution in [0.15, 0.2) is 47.5 Å². The summed E-state index contributed by atoms with van der Waals surface area (Å²) >= 11 is 0. The molecule has 168 valence electrons. The fourth-order valence-corrected chi connectivity index (χ4v) is 3.68. The minimum absolute atomic E-state index is 0.133. The zero-order chi connectivity index (χ0) is 22.2. The predicted molar refractivity (Wildman–Crippen MR) is 127 cm³/mol. The molecule has 2 N–H and O–H groups in total. The van der Waals surface area contributed by atoms with Crippen molar-refractivity contribution in [2.45, 2.75) is 39.0 Å². The minimum Gasteiger partial charge on any atom is -0.488 e. The maximum atomic E-state index is 6.22. The van der Waals surface area contributed by atoms with E-state index in [1.165, 1.54) is 16.7 Å². The van der Waals surface area contributed by atoms with Crippen molar-refractivity contribution in [2.24, 2.45) is 4.99 Å². The number of ether oxygens (including phenoxy) is 2. The highest BCUT2D eigenvalue weighted by Gasteiger charge is 2.19. The van der Waals surface area contributed by atoms with Gasteiger partial charge in [0, 0.05) is 32.1 Å². The molecule has 0 aliphatic carbocycles. The smallest absolute Gasteiger partial charge is 0.191 e. The maximum absolute atomic E-state index is 6.22. The molecule has 1 aliphatic rings. The summed E-state index contributed by atoms with van der Waals surface area (Å²) in [6.45, 7) is 7.03. The van der Waals surface area contributed by atoms with Crippen LogP contribution in [-0.2, 0) is 11.3 Å². The van der Waals surface area contributed by atoms with Crippen molar-refractivity contribution in [2.75, 3.05) is 40.9 Å². The van der Waals surface area contributed by atoms with Gasteiger partial charge in [-0.15, -0.1) is 0 Å². The Morgan fingerprint density at radius 1 is 1.13 bits per heavy atom. The van der Waals surface area contributed by atoms with Crippen LogP contribution in [-0.4, -0.2) is 57.9 Å². The fraction of sp³-hybridized carbons (Fsp3) is 0.480. The number of aryl methyl sites for hydroxylation is 2. The van der Waals surface area contributed by atoms with E-state index in [0.29, 0.717) is 13.2 Å². The molecule has 31 heavy (non-hydrogen) atoms. The van der Waals surface area contributed by atoms with Crippen LogP contribution in [0.3, 0.4) is 0 Å². The van der Waals surface area contributed by atoms with Crippen LogP contribution in [0.4, 0.5) is 0 Å². The molecule has 6 nitrogen and oxygen atoms in total. The molecule has 2 aromatic carbocycles. The highest BCUT2D eigenvalue weighted by Crippen LogP contribution is 2.24. The van der Waals surface area contributed by atoms with Gasteiger partial charge < -0.3 is 25.0 Å². The molecule has 0 amide bonds. The molecule has 1 aliphatic heterocycles. The summed E-state index contributed by atoms with van der Waals surface area (Å²) in [5.41, 5.74) is 4.86. The first-order chi connectivity index (χ1) is 15.0. The van der Waals surface area contributed by atoms with E-state index in [1.54, 1.807) is 7.05 Å². The van der Waals surface area contributed by atoms with E-state index in [0.717, 1.165) is 36.8 Å². The molecular formula is C25H36N4O2. The van der Waals surface area contributed by atoms with Gasteiger partial charge in [-0.3, -0.25) is 4.99 Å². The molecule has 0 saturated carbocycles. The van der Waals surface area contributed by atoms with Gasteiger partial charge in [-0.1, -0.05) is 42.0 Å². The van der Waals surface area contributed by atoms with Crippen LogP contribution in [0.1, 0.15) is 34.7 Å². The third-order valence-electron chi connectivity index (χ3n) is 5.62. The van der Waals surface area contributed by atoms with E-state index >= 15 is 0 Å². The Bertz CT molecular complexity index is 858. The van der Waals surface area contributed by atoms with Crippen LogP contribution >= 0.6 is 0 Å². The number of guanidine groups is 1. The zero-order valence-corrected chi connectivity index (χ0v) is 19.4. The molecule has 0 bridgehead atoms. The summed E-state index contributed by atoms with van der Waals surface area (Å²) in [6, 6.07) is 15.3. The summed E-state index contributed by atoms with van der Waals surface area (Å²) in [6.07, 6.45) is 1.07. The molecule has 0 spiro atoms. The molecule has 2 atom stereocenters. The minimum atomic E-state index is 0.133. The SMILES string of the molecule is CN=C(NCc1ccc(C)cc1OC1CCOC1)NCC(c1ccc(C)cc1)N(C)C. The topological polar surface area (TPSA) is 58.1 Å². The summed E-state index contributed by atoms with van der Waals surface area (Å²) in [5, 5.41) is 6.91. The van der Waals surface area contributed by atoms with Gasteiger partial charge in [0.2, 0.25) is 0 Å². The third kappa shape index (κ3) is 6.71. The number of aliphatic imine (C=N–C) groups is 1. The van der Waals surface area contributed by atoms with E-state index in [9.17, 15) is 0 Å². The molecule has 6 heteroatoms. The number of hydrogen-bond donors (Lipinski definition) is 2. The molecule has 1 saturated heterocycles. The Morgan fingerprint density at radius 3 is 2.52 bits per heavy atom. The van der Waals surface area contributed by atoms with E-state index < -0.39 is 0 Å². The fourth-order valence-electron chi connectivity index (χ4n) is 3.68. The largest absolute Gasteiger partial charge is 0.488 e. The molecular weight excluding hydrogens is 388 g/mol. The van der Waals surface area contributed by atoms with E-state index in [4.69, 9.17) is 9.47 Å². The van der Waals surface area contributed by atoms with Crippen molar-refractivity contribution in [1.82, 2.24) is 15.5 Å². The van der Waals surface area contributed by atoms with Crippen molar-refractivity contribution >= 4 is 5.96 Å². The third-order valence-corrected chi connectivity index (χ3v) is 5.62. The highest BCUT2D eigenvalue weighted by atomic mass is 16.5. The lowest BCUT2D eigenvalue weighted by atomic mass is 10.0. The Labute approximate surface area is 186 Å². The first-order valence-corrected chi connectivity index (χ1v) is 11.0. The van der Waals surface area contributed by atoms with Crippen molar-refractivity contribution in [1.29, 1.82) is 0 Å². The van der Waals surface area contributed by atoms with Crippen LogP contribution < -0.4 is 15.4 Å². The van der Waals surface area contributed by atoms with Crippen molar-refractivity contribution in [3.05, 3.63) is 64.7 Å². The number of hydrogen-bond acceptors (Lipinski definition) is 4. The van der Waals surface area contributed by atoms with Gasteiger partial charge in [0.05, 0.1) is 19.3 Å². The van der Waals surface area contributed by atoms with Gasteiger partial charge in [-0.05, 0) is 45.1 Å². The van der Waals surface area contributed by atoms with Gasteiger partial charge in [-0.2, -0.15) is 0 Å². The number of likely N-dealkylation sites (N-methyl/N-ethyl adjacent to an activating group) is 1. The van der Waals surface area contributed by atoms with E-state index in [-0.39, 0.29) is 12.1 Å². The van der Waals surface area contributed by atoms with Crippen LogP contribution in [0.2, 0.25) is 0 Å². The van der Waals surface area contributed by atoms with Crippen molar-refractivity contribution < 1.29 is 9.47 Å². The summed E-state index contributed by atoms with van der Waals surface area (Å²) in [7, 11) is 6.00. The zero-order valence-electron chi connectivity index (χ0n) is 19.4. The molecule has 1 heterocycles. The summed E-state index contributed by atoms with van der Waals surface area (Å²) in [5.74, 6) is 1.69. The number of rotatable bonds is 8. The normalized spacial score (nSPS) is 17.6.